The summed E-state index contributed by atoms with van der Waals surface area (Å²) in [4.78, 5) is 4.45. The predicted octanol–water partition coefficient (Wildman–Crippen LogP) is 2.52. The van der Waals surface area contributed by atoms with Crippen LogP contribution in [0.25, 0.3) is 22.1 Å². The van der Waals surface area contributed by atoms with E-state index in [-0.39, 0.29) is 0 Å². The number of rotatable bonds is 4. The molecule has 0 unspecified atom stereocenters. The summed E-state index contributed by atoms with van der Waals surface area (Å²) in [6, 6.07) is 11.9. The van der Waals surface area contributed by atoms with Crippen LogP contribution in [0.3, 0.4) is 0 Å². The van der Waals surface area contributed by atoms with Crippen LogP contribution in [0, 0.1) is 12.3 Å². The van der Waals surface area contributed by atoms with E-state index in [2.05, 4.69) is 26.3 Å². The first kappa shape index (κ1) is 15.9. The van der Waals surface area contributed by atoms with Crippen LogP contribution in [-0.4, -0.2) is 31.0 Å². The average molecular weight is 343 g/mol. The van der Waals surface area contributed by atoms with Crippen molar-refractivity contribution in [1.82, 2.24) is 24.8 Å². The van der Waals surface area contributed by atoms with Crippen LogP contribution in [0.4, 0.5) is 0 Å². The molecule has 7 heteroatoms. The maximum absolute atomic E-state index is 7.45. The van der Waals surface area contributed by atoms with Gasteiger partial charge in [-0.05, 0) is 42.8 Å². The molecule has 0 amide bonds. The molecule has 3 aromatic heterocycles. The Balaban J connectivity index is 1.74. The minimum atomic E-state index is 0.613. The molecule has 0 aliphatic carbocycles. The van der Waals surface area contributed by atoms with Crippen molar-refractivity contribution < 1.29 is 0 Å². The van der Waals surface area contributed by atoms with E-state index in [0.29, 0.717) is 12.0 Å². The molecule has 7 nitrogen and oxygen atoms in total. The highest BCUT2D eigenvalue weighted by molar-refractivity contribution is 6.08. The molecule has 3 heterocycles. The summed E-state index contributed by atoms with van der Waals surface area (Å²) in [5, 5.41) is 21.4. The van der Waals surface area contributed by atoms with Gasteiger partial charge >= 0.3 is 0 Å². The van der Waals surface area contributed by atoms with Gasteiger partial charge in [-0.25, -0.2) is 0 Å². The van der Waals surface area contributed by atoms with E-state index in [9.17, 15) is 0 Å². The molecule has 4 aromatic rings. The Labute approximate surface area is 149 Å². The summed E-state index contributed by atoms with van der Waals surface area (Å²) in [6.07, 6.45) is 4.98. The third-order valence-corrected chi connectivity index (χ3v) is 4.24. The van der Waals surface area contributed by atoms with Gasteiger partial charge in [-0.3, -0.25) is 4.98 Å². The Hall–Kier alpha value is -3.61. The minimum Gasteiger partial charge on any atom is -0.404 e. The number of pyridine rings is 1. The molecule has 3 N–H and O–H groups in total. The zero-order chi connectivity index (χ0) is 18.1. The van der Waals surface area contributed by atoms with Crippen LogP contribution >= 0.6 is 0 Å². The van der Waals surface area contributed by atoms with E-state index >= 15 is 0 Å². The summed E-state index contributed by atoms with van der Waals surface area (Å²) in [5.74, 6) is 0.786. The van der Waals surface area contributed by atoms with E-state index in [1.54, 1.807) is 10.7 Å². The molecule has 0 saturated carbocycles. The fourth-order valence-corrected chi connectivity index (χ4v) is 2.89. The van der Waals surface area contributed by atoms with Crippen molar-refractivity contribution in [2.75, 3.05) is 0 Å². The molecule has 4 rings (SSSR count). The Morgan fingerprint density at radius 1 is 1.19 bits per heavy atom. The van der Waals surface area contributed by atoms with Crippen LogP contribution < -0.4 is 5.73 Å². The standard InChI is InChI=1S/C19H17N7/c1-12-2-5-18-23-24-19(26(18)25-12)7-13-3-4-17-14(6-13)8-15(11-22-17)16(9-20)10-21/h2-6,8-11,20H,7,21H2,1H3/b16-10+,20-9?. The van der Waals surface area contributed by atoms with Gasteiger partial charge < -0.3 is 11.1 Å². The maximum Gasteiger partial charge on any atom is 0.177 e. The molecule has 0 aliphatic rings. The number of nitrogens with two attached hydrogens (primary N) is 1. The van der Waals surface area contributed by atoms with Crippen molar-refractivity contribution in [3.8, 4) is 0 Å². The zero-order valence-corrected chi connectivity index (χ0v) is 14.2. The average Bonchev–Trinajstić information content (AvgIpc) is 3.04. The molecule has 26 heavy (non-hydrogen) atoms. The first-order valence-electron chi connectivity index (χ1n) is 8.17. The molecular formula is C19H17N7. The largest absolute Gasteiger partial charge is 0.404 e. The van der Waals surface area contributed by atoms with Crippen molar-refractivity contribution in [3.63, 3.8) is 0 Å². The van der Waals surface area contributed by atoms with E-state index in [1.165, 1.54) is 12.4 Å². The van der Waals surface area contributed by atoms with Gasteiger partial charge in [-0.15, -0.1) is 10.2 Å². The van der Waals surface area contributed by atoms with E-state index in [4.69, 9.17) is 11.1 Å². The summed E-state index contributed by atoms with van der Waals surface area (Å²) >= 11 is 0. The summed E-state index contributed by atoms with van der Waals surface area (Å²) in [5.41, 5.74) is 10.7. The molecule has 0 atom stereocenters. The second-order valence-corrected chi connectivity index (χ2v) is 6.06. The van der Waals surface area contributed by atoms with Gasteiger partial charge in [0.25, 0.3) is 0 Å². The molecule has 0 aliphatic heterocycles. The van der Waals surface area contributed by atoms with Gasteiger partial charge in [-0.2, -0.15) is 9.61 Å². The van der Waals surface area contributed by atoms with Crippen molar-refractivity contribution in [2.45, 2.75) is 13.3 Å². The van der Waals surface area contributed by atoms with Crippen LogP contribution in [0.2, 0.25) is 0 Å². The lowest BCUT2D eigenvalue weighted by Crippen LogP contribution is -2.01. The number of hydrogen-bond donors (Lipinski definition) is 2. The van der Waals surface area contributed by atoms with Gasteiger partial charge in [-0.1, -0.05) is 6.07 Å². The maximum atomic E-state index is 7.45. The summed E-state index contributed by atoms with van der Waals surface area (Å²) in [6.45, 7) is 1.94. The lowest BCUT2D eigenvalue weighted by Gasteiger charge is -2.06. The molecule has 128 valence electrons. The molecule has 0 saturated heterocycles. The van der Waals surface area contributed by atoms with Crippen LogP contribution in [0.5, 0.6) is 0 Å². The van der Waals surface area contributed by atoms with Crippen molar-refractivity contribution in [3.05, 3.63) is 71.4 Å². The number of hydrogen-bond acceptors (Lipinski definition) is 6. The third kappa shape index (κ3) is 2.79. The number of benzene rings is 1. The van der Waals surface area contributed by atoms with Gasteiger partial charge in [0.05, 0.1) is 11.2 Å². The van der Waals surface area contributed by atoms with Crippen molar-refractivity contribution in [2.24, 2.45) is 5.73 Å². The number of fused-ring (bicyclic) bond motifs is 2. The summed E-state index contributed by atoms with van der Waals surface area (Å²) in [7, 11) is 0. The normalized spacial score (nSPS) is 12.0. The molecule has 0 bridgehead atoms. The second kappa shape index (κ2) is 6.36. The SMILES string of the molecule is Cc1ccc2nnc(Cc3ccc4ncc(/C(C=N)=C/N)cc4c3)n2n1. The van der Waals surface area contributed by atoms with Crippen LogP contribution in [0.15, 0.2) is 48.8 Å². The van der Waals surface area contributed by atoms with E-state index in [0.717, 1.165) is 39.2 Å². The van der Waals surface area contributed by atoms with Crippen molar-refractivity contribution in [1.29, 1.82) is 5.41 Å². The Morgan fingerprint density at radius 3 is 2.88 bits per heavy atom. The predicted molar refractivity (Wildman–Crippen MR) is 101 cm³/mol. The Morgan fingerprint density at radius 2 is 2.08 bits per heavy atom. The highest BCUT2D eigenvalue weighted by Crippen LogP contribution is 2.20. The smallest absolute Gasteiger partial charge is 0.177 e. The number of aromatic nitrogens is 5. The highest BCUT2D eigenvalue weighted by atomic mass is 15.4. The molecule has 1 aromatic carbocycles. The number of nitrogens with one attached hydrogen (secondary N) is 1. The van der Waals surface area contributed by atoms with Gasteiger partial charge in [0.15, 0.2) is 11.5 Å². The first-order chi connectivity index (χ1) is 12.7. The van der Waals surface area contributed by atoms with Gasteiger partial charge in [0.2, 0.25) is 0 Å². The Kier molecular flexibility index (Phi) is 3.89. The van der Waals surface area contributed by atoms with E-state index in [1.807, 2.05) is 37.3 Å². The van der Waals surface area contributed by atoms with Crippen molar-refractivity contribution >= 4 is 28.3 Å². The first-order valence-corrected chi connectivity index (χ1v) is 8.17. The number of nitrogens with zero attached hydrogens (tertiary/aromatic N) is 5. The quantitative estimate of drug-likeness (QED) is 0.554. The lowest BCUT2D eigenvalue weighted by atomic mass is 10.0. The fraction of sp³-hybridized carbons (Fsp3) is 0.105. The molecule has 0 fully saturated rings. The molecule has 0 spiro atoms. The molecular weight excluding hydrogens is 326 g/mol. The van der Waals surface area contributed by atoms with Crippen LogP contribution in [0.1, 0.15) is 22.6 Å². The zero-order valence-electron chi connectivity index (χ0n) is 14.2. The summed E-state index contributed by atoms with van der Waals surface area (Å²) < 4.78 is 1.78. The number of aryl methyl sites for hydroxylation is 1. The molecule has 0 radical (unpaired) electrons. The number of allylic oxidation sites excluding steroid dienone is 1. The fourth-order valence-electron chi connectivity index (χ4n) is 2.89. The highest BCUT2D eigenvalue weighted by Gasteiger charge is 2.09. The van der Waals surface area contributed by atoms with Gasteiger partial charge in [0, 0.05) is 41.6 Å². The van der Waals surface area contributed by atoms with E-state index < -0.39 is 0 Å². The third-order valence-electron chi connectivity index (χ3n) is 4.24. The van der Waals surface area contributed by atoms with Crippen LogP contribution in [-0.2, 0) is 6.42 Å². The topological polar surface area (TPSA) is 106 Å². The second-order valence-electron chi connectivity index (χ2n) is 6.06. The lowest BCUT2D eigenvalue weighted by molar-refractivity contribution is 0.821. The van der Waals surface area contributed by atoms with Gasteiger partial charge in [0.1, 0.15) is 0 Å². The monoisotopic (exact) mass is 343 g/mol. The minimum absolute atomic E-state index is 0.613. The Bertz CT molecular complexity index is 1160.